The van der Waals surface area contributed by atoms with Crippen molar-refractivity contribution < 1.29 is 9.53 Å². The molecule has 1 aromatic rings. The van der Waals surface area contributed by atoms with Crippen molar-refractivity contribution in [1.29, 1.82) is 0 Å². The van der Waals surface area contributed by atoms with Crippen LogP contribution in [-0.2, 0) is 16.0 Å². The van der Waals surface area contributed by atoms with Gasteiger partial charge in [-0.25, -0.2) is 0 Å². The third-order valence-electron chi connectivity index (χ3n) is 3.32. The van der Waals surface area contributed by atoms with Gasteiger partial charge in [0.2, 0.25) is 5.91 Å². The molecule has 18 heavy (non-hydrogen) atoms. The average molecular weight is 264 g/mol. The first-order valence-electron chi connectivity index (χ1n) is 6.19. The highest BCUT2D eigenvalue weighted by Crippen LogP contribution is 2.38. The van der Waals surface area contributed by atoms with Gasteiger partial charge in [-0.05, 0) is 30.5 Å². The Morgan fingerprint density at radius 1 is 1.33 bits per heavy atom. The zero-order valence-electron chi connectivity index (χ0n) is 10.1. The molecule has 0 radical (unpaired) electrons. The van der Waals surface area contributed by atoms with Gasteiger partial charge in [-0.15, -0.1) is 11.8 Å². The predicted octanol–water partition coefficient (Wildman–Crippen LogP) is 2.03. The second-order valence-corrected chi connectivity index (χ2v) is 6.04. The molecule has 3 rings (SSSR count). The Labute approximate surface area is 110 Å². The molecule has 2 aliphatic rings. The fraction of sp³-hybridized carbons (Fsp3) is 0.462. The molecular weight excluding hydrogens is 248 g/mol. The Balaban J connectivity index is 1.80. The van der Waals surface area contributed by atoms with Crippen LogP contribution >= 0.6 is 11.8 Å². The van der Waals surface area contributed by atoms with Crippen LogP contribution in [0.4, 0.5) is 11.4 Å². The van der Waals surface area contributed by atoms with Gasteiger partial charge in [-0.2, -0.15) is 0 Å². The lowest BCUT2D eigenvalue weighted by Crippen LogP contribution is -2.17. The molecule has 2 heterocycles. The first-order valence-corrected chi connectivity index (χ1v) is 7.07. The molecule has 0 atom stereocenters. The predicted molar refractivity (Wildman–Crippen MR) is 72.9 cm³/mol. The lowest BCUT2D eigenvalue weighted by Gasteiger charge is -2.22. The number of nitrogens with two attached hydrogens (primary N) is 1. The summed E-state index contributed by atoms with van der Waals surface area (Å²) in [5.74, 6) is 0.0533. The van der Waals surface area contributed by atoms with E-state index >= 15 is 0 Å². The number of benzene rings is 1. The maximum Gasteiger partial charge on any atom is 0.228 e. The van der Waals surface area contributed by atoms with Crippen LogP contribution in [0.5, 0.6) is 0 Å². The van der Waals surface area contributed by atoms with E-state index in [2.05, 4.69) is 5.32 Å². The molecule has 4 nitrogen and oxygen atoms in total. The van der Waals surface area contributed by atoms with Gasteiger partial charge in [0.05, 0.1) is 6.42 Å². The number of nitrogens with one attached hydrogen (secondary N) is 1. The first-order chi connectivity index (χ1) is 8.72. The van der Waals surface area contributed by atoms with Crippen LogP contribution in [0.2, 0.25) is 0 Å². The molecule has 1 amide bonds. The van der Waals surface area contributed by atoms with Crippen LogP contribution in [0.1, 0.15) is 18.4 Å². The summed E-state index contributed by atoms with van der Waals surface area (Å²) in [5.41, 5.74) is 8.77. The average Bonchev–Trinajstić information content (AvgIpc) is 2.70. The molecular formula is C13H16N2O2S. The van der Waals surface area contributed by atoms with Crippen molar-refractivity contribution in [2.24, 2.45) is 0 Å². The SMILES string of the molecule is Nc1cc2c(cc1SC1CCOCC1)NC(=O)C2. The number of ether oxygens (including phenoxy) is 1. The molecule has 5 heteroatoms. The molecule has 0 aliphatic carbocycles. The molecule has 0 spiro atoms. The third kappa shape index (κ3) is 2.33. The summed E-state index contributed by atoms with van der Waals surface area (Å²) in [6, 6.07) is 3.94. The Morgan fingerprint density at radius 3 is 2.89 bits per heavy atom. The van der Waals surface area contributed by atoms with Gasteiger partial charge in [0.25, 0.3) is 0 Å². The Hall–Kier alpha value is -1.20. The summed E-state index contributed by atoms with van der Waals surface area (Å²) in [6.45, 7) is 1.67. The van der Waals surface area contributed by atoms with E-state index in [1.807, 2.05) is 12.1 Å². The molecule has 1 fully saturated rings. The highest BCUT2D eigenvalue weighted by Gasteiger charge is 2.21. The summed E-state index contributed by atoms with van der Waals surface area (Å²) in [7, 11) is 0. The number of carbonyl (C=O) groups excluding carboxylic acids is 1. The fourth-order valence-electron chi connectivity index (χ4n) is 2.35. The van der Waals surface area contributed by atoms with Crippen molar-refractivity contribution in [2.75, 3.05) is 24.3 Å². The number of hydrogen-bond acceptors (Lipinski definition) is 4. The van der Waals surface area contributed by atoms with E-state index in [0.717, 1.165) is 47.9 Å². The van der Waals surface area contributed by atoms with Gasteiger partial charge in [0, 0.05) is 34.7 Å². The molecule has 0 saturated carbocycles. The zero-order chi connectivity index (χ0) is 12.5. The van der Waals surface area contributed by atoms with Crippen molar-refractivity contribution in [3.05, 3.63) is 17.7 Å². The van der Waals surface area contributed by atoms with E-state index in [4.69, 9.17) is 10.5 Å². The van der Waals surface area contributed by atoms with Crippen LogP contribution in [0, 0.1) is 0 Å². The van der Waals surface area contributed by atoms with Gasteiger partial charge in [-0.1, -0.05) is 0 Å². The van der Waals surface area contributed by atoms with Crippen LogP contribution in [0.25, 0.3) is 0 Å². The summed E-state index contributed by atoms with van der Waals surface area (Å²) < 4.78 is 5.35. The van der Waals surface area contributed by atoms with Gasteiger partial charge < -0.3 is 15.8 Å². The van der Waals surface area contributed by atoms with E-state index < -0.39 is 0 Å². The third-order valence-corrected chi connectivity index (χ3v) is 4.73. The number of nitrogen functional groups attached to an aromatic ring is 1. The minimum Gasteiger partial charge on any atom is -0.398 e. The molecule has 0 unspecified atom stereocenters. The normalized spacial score (nSPS) is 19.7. The monoisotopic (exact) mass is 264 g/mol. The highest BCUT2D eigenvalue weighted by atomic mass is 32.2. The van der Waals surface area contributed by atoms with Gasteiger partial charge in [0.1, 0.15) is 0 Å². The van der Waals surface area contributed by atoms with Crippen molar-refractivity contribution in [3.8, 4) is 0 Å². The number of thioether (sulfide) groups is 1. The Bertz CT molecular complexity index is 484. The summed E-state index contributed by atoms with van der Waals surface area (Å²) in [5, 5.41) is 3.44. The van der Waals surface area contributed by atoms with Crippen LogP contribution in [0.3, 0.4) is 0 Å². The first kappa shape index (κ1) is 11.9. The zero-order valence-corrected chi connectivity index (χ0v) is 10.9. The lowest BCUT2D eigenvalue weighted by molar-refractivity contribution is -0.115. The standard InChI is InChI=1S/C13H16N2O2S/c14-10-5-8-6-13(16)15-11(8)7-12(10)18-9-1-3-17-4-2-9/h5,7,9H,1-4,6,14H2,(H,15,16). The number of anilines is 2. The smallest absolute Gasteiger partial charge is 0.228 e. The van der Waals surface area contributed by atoms with Crippen LogP contribution < -0.4 is 11.1 Å². The second kappa shape index (κ2) is 4.82. The minimum atomic E-state index is 0.0533. The van der Waals surface area contributed by atoms with E-state index in [1.54, 1.807) is 11.8 Å². The molecule has 2 aliphatic heterocycles. The topological polar surface area (TPSA) is 64.3 Å². The minimum absolute atomic E-state index is 0.0533. The Morgan fingerprint density at radius 2 is 2.11 bits per heavy atom. The highest BCUT2D eigenvalue weighted by molar-refractivity contribution is 8.00. The van der Waals surface area contributed by atoms with E-state index in [9.17, 15) is 4.79 Å². The number of rotatable bonds is 2. The largest absolute Gasteiger partial charge is 0.398 e. The van der Waals surface area contributed by atoms with Crippen molar-refractivity contribution in [2.45, 2.75) is 29.4 Å². The number of fused-ring (bicyclic) bond motifs is 1. The van der Waals surface area contributed by atoms with E-state index in [-0.39, 0.29) is 5.91 Å². The summed E-state index contributed by atoms with van der Waals surface area (Å²) in [4.78, 5) is 12.4. The maximum absolute atomic E-state index is 11.3. The molecule has 0 aromatic heterocycles. The quantitative estimate of drug-likeness (QED) is 0.802. The summed E-state index contributed by atoms with van der Waals surface area (Å²) >= 11 is 1.80. The molecule has 1 saturated heterocycles. The lowest BCUT2D eigenvalue weighted by atomic mass is 10.1. The molecule has 96 valence electrons. The van der Waals surface area contributed by atoms with Crippen molar-refractivity contribution in [1.82, 2.24) is 0 Å². The van der Waals surface area contributed by atoms with Gasteiger partial charge >= 0.3 is 0 Å². The number of amides is 1. The number of carbonyl (C=O) groups is 1. The number of hydrogen-bond donors (Lipinski definition) is 2. The van der Waals surface area contributed by atoms with Crippen molar-refractivity contribution >= 4 is 29.0 Å². The summed E-state index contributed by atoms with van der Waals surface area (Å²) in [6.07, 6.45) is 2.57. The van der Waals surface area contributed by atoms with Crippen LogP contribution in [-0.4, -0.2) is 24.4 Å². The van der Waals surface area contributed by atoms with Gasteiger partial charge in [-0.3, -0.25) is 4.79 Å². The van der Waals surface area contributed by atoms with Crippen molar-refractivity contribution in [3.63, 3.8) is 0 Å². The van der Waals surface area contributed by atoms with E-state index in [0.29, 0.717) is 11.7 Å². The second-order valence-electron chi connectivity index (χ2n) is 4.70. The van der Waals surface area contributed by atoms with Crippen LogP contribution in [0.15, 0.2) is 17.0 Å². The molecule has 3 N–H and O–H groups in total. The van der Waals surface area contributed by atoms with Gasteiger partial charge in [0.15, 0.2) is 0 Å². The van der Waals surface area contributed by atoms with E-state index in [1.165, 1.54) is 0 Å². The molecule has 1 aromatic carbocycles. The fourth-order valence-corrected chi connectivity index (χ4v) is 3.52. The molecule has 0 bridgehead atoms. The maximum atomic E-state index is 11.3. The Kier molecular flexibility index (Phi) is 3.18.